The Hall–Kier alpha value is -2.08. The Kier molecular flexibility index (Phi) is 13.1. The molecule has 222 valence electrons. The topological polar surface area (TPSA) is 108 Å². The van der Waals surface area contributed by atoms with E-state index in [1.54, 1.807) is 6.20 Å². The zero-order chi connectivity index (χ0) is 28.0. The Morgan fingerprint density at radius 1 is 0.950 bits per heavy atom. The van der Waals surface area contributed by atoms with E-state index in [0.29, 0.717) is 64.3 Å². The van der Waals surface area contributed by atoms with Gasteiger partial charge in [0.1, 0.15) is 12.4 Å². The lowest BCUT2D eigenvalue weighted by Crippen LogP contribution is -2.48. The summed E-state index contributed by atoms with van der Waals surface area (Å²) >= 11 is 6.25. The molecule has 2 aromatic rings. The number of anilines is 1. The first-order valence-corrected chi connectivity index (χ1v) is 14.5. The van der Waals surface area contributed by atoms with Crippen LogP contribution in [0.5, 0.6) is 0 Å². The molecule has 0 saturated carbocycles. The summed E-state index contributed by atoms with van der Waals surface area (Å²) in [7, 11) is 0. The van der Waals surface area contributed by atoms with Crippen LogP contribution in [-0.4, -0.2) is 134 Å². The molecular weight excluding hydrogens is 538 g/mol. The molecule has 1 N–H and O–H groups in total. The van der Waals surface area contributed by atoms with Crippen molar-refractivity contribution in [2.24, 2.45) is 0 Å². The van der Waals surface area contributed by atoms with Gasteiger partial charge in [0.05, 0.1) is 63.9 Å². The standard InChI is InChI=1S/C27H42ClN7O5/c1-3-13-36-15-17-38-19-20-39-18-16-37-14-12-34-10-8-33(9-11-34)7-6-29-25-23-21-30-35(24-5-4-22(2)40-24)26(23)32-27(28)31-25/h1,21-22,24H,4-20H2,2H3,(H,29,31,32). The summed E-state index contributed by atoms with van der Waals surface area (Å²) in [6.45, 7) is 13.1. The highest BCUT2D eigenvalue weighted by atomic mass is 35.5. The Balaban J connectivity index is 1.04. The van der Waals surface area contributed by atoms with Crippen molar-refractivity contribution in [3.8, 4) is 12.3 Å². The Labute approximate surface area is 241 Å². The second kappa shape index (κ2) is 17.0. The average Bonchev–Trinajstić information content (AvgIpc) is 3.58. The monoisotopic (exact) mass is 579 g/mol. The molecule has 2 aliphatic rings. The molecule has 4 heterocycles. The molecule has 2 fully saturated rings. The van der Waals surface area contributed by atoms with Crippen molar-refractivity contribution in [2.75, 3.05) is 104 Å². The van der Waals surface area contributed by atoms with E-state index in [4.69, 9.17) is 41.7 Å². The van der Waals surface area contributed by atoms with Crippen molar-refractivity contribution in [2.45, 2.75) is 32.1 Å². The summed E-state index contributed by atoms with van der Waals surface area (Å²) in [6, 6.07) is 0. The molecule has 0 spiro atoms. The highest BCUT2D eigenvalue weighted by Gasteiger charge is 2.26. The predicted molar refractivity (Wildman–Crippen MR) is 153 cm³/mol. The van der Waals surface area contributed by atoms with Gasteiger partial charge in [-0.2, -0.15) is 15.1 Å². The van der Waals surface area contributed by atoms with Crippen LogP contribution in [0.1, 0.15) is 26.0 Å². The lowest BCUT2D eigenvalue weighted by atomic mass is 10.2. The number of halogens is 1. The van der Waals surface area contributed by atoms with E-state index in [2.05, 4.69) is 43.0 Å². The average molecular weight is 580 g/mol. The number of aromatic nitrogens is 4. The minimum atomic E-state index is -0.108. The van der Waals surface area contributed by atoms with Crippen LogP contribution in [0.4, 0.5) is 5.82 Å². The molecule has 2 atom stereocenters. The summed E-state index contributed by atoms with van der Waals surface area (Å²) in [4.78, 5) is 13.7. The van der Waals surface area contributed by atoms with Gasteiger partial charge in [-0.15, -0.1) is 6.42 Å². The van der Waals surface area contributed by atoms with E-state index >= 15 is 0 Å². The van der Waals surface area contributed by atoms with Crippen LogP contribution in [0.3, 0.4) is 0 Å². The van der Waals surface area contributed by atoms with Gasteiger partial charge >= 0.3 is 0 Å². The highest BCUT2D eigenvalue weighted by molar-refractivity contribution is 6.28. The summed E-state index contributed by atoms with van der Waals surface area (Å²) in [5.74, 6) is 3.13. The molecule has 40 heavy (non-hydrogen) atoms. The van der Waals surface area contributed by atoms with Crippen molar-refractivity contribution in [3.63, 3.8) is 0 Å². The third-order valence-corrected chi connectivity index (χ3v) is 7.12. The summed E-state index contributed by atoms with van der Waals surface area (Å²) in [5.41, 5.74) is 0.705. The van der Waals surface area contributed by atoms with Crippen LogP contribution < -0.4 is 5.32 Å². The Bertz CT molecular complexity index is 1060. The van der Waals surface area contributed by atoms with E-state index in [0.717, 1.165) is 64.0 Å². The quantitative estimate of drug-likeness (QED) is 0.159. The second-order valence-corrected chi connectivity index (χ2v) is 10.2. The molecule has 0 amide bonds. The third kappa shape index (κ3) is 9.78. The van der Waals surface area contributed by atoms with Crippen molar-refractivity contribution < 1.29 is 23.7 Å². The lowest BCUT2D eigenvalue weighted by Gasteiger charge is -2.34. The maximum absolute atomic E-state index is 6.25. The molecule has 12 nitrogen and oxygen atoms in total. The minimum Gasteiger partial charge on any atom is -0.378 e. The number of ether oxygens (including phenoxy) is 5. The van der Waals surface area contributed by atoms with Gasteiger partial charge < -0.3 is 29.0 Å². The first-order chi connectivity index (χ1) is 19.6. The van der Waals surface area contributed by atoms with Gasteiger partial charge in [-0.25, -0.2) is 4.68 Å². The first-order valence-electron chi connectivity index (χ1n) is 14.1. The fourth-order valence-corrected chi connectivity index (χ4v) is 4.92. The maximum atomic E-state index is 6.25. The molecule has 2 unspecified atom stereocenters. The van der Waals surface area contributed by atoms with E-state index in [9.17, 15) is 0 Å². The van der Waals surface area contributed by atoms with Crippen molar-refractivity contribution in [3.05, 3.63) is 11.5 Å². The van der Waals surface area contributed by atoms with Gasteiger partial charge in [-0.1, -0.05) is 5.92 Å². The molecule has 0 radical (unpaired) electrons. The Morgan fingerprint density at radius 2 is 1.60 bits per heavy atom. The smallest absolute Gasteiger partial charge is 0.226 e. The molecule has 2 saturated heterocycles. The number of rotatable bonds is 18. The number of fused-ring (bicyclic) bond motifs is 1. The number of terminal acetylenes is 1. The normalized spacial score (nSPS) is 20.3. The summed E-state index contributed by atoms with van der Waals surface area (Å²) < 4.78 is 29.6. The zero-order valence-corrected chi connectivity index (χ0v) is 24.2. The van der Waals surface area contributed by atoms with Crippen LogP contribution in [0.2, 0.25) is 5.28 Å². The van der Waals surface area contributed by atoms with Crippen LogP contribution in [0, 0.1) is 12.3 Å². The molecular formula is C27H42ClN7O5. The van der Waals surface area contributed by atoms with Gasteiger partial charge in [0.25, 0.3) is 0 Å². The molecule has 2 aliphatic heterocycles. The highest BCUT2D eigenvalue weighted by Crippen LogP contribution is 2.31. The van der Waals surface area contributed by atoms with Crippen LogP contribution in [0.15, 0.2) is 6.20 Å². The number of nitrogens with one attached hydrogen (secondary N) is 1. The molecule has 13 heteroatoms. The van der Waals surface area contributed by atoms with Gasteiger partial charge in [-0.3, -0.25) is 9.80 Å². The van der Waals surface area contributed by atoms with Crippen molar-refractivity contribution >= 4 is 28.5 Å². The van der Waals surface area contributed by atoms with E-state index < -0.39 is 0 Å². The Morgan fingerprint density at radius 3 is 2.25 bits per heavy atom. The fraction of sp³-hybridized carbons (Fsp3) is 0.741. The number of nitrogens with zero attached hydrogens (tertiary/aromatic N) is 6. The molecule has 0 aromatic carbocycles. The second-order valence-electron chi connectivity index (χ2n) is 9.85. The first kappa shape index (κ1) is 30.9. The van der Waals surface area contributed by atoms with Gasteiger partial charge in [0.2, 0.25) is 5.28 Å². The molecule has 0 aliphatic carbocycles. The molecule has 2 aromatic heterocycles. The summed E-state index contributed by atoms with van der Waals surface area (Å²) in [6.07, 6.45) is 8.94. The third-order valence-electron chi connectivity index (χ3n) is 6.95. The predicted octanol–water partition coefficient (Wildman–Crippen LogP) is 1.91. The van der Waals surface area contributed by atoms with Crippen molar-refractivity contribution in [1.82, 2.24) is 29.5 Å². The van der Waals surface area contributed by atoms with Gasteiger partial charge in [-0.05, 0) is 31.4 Å². The minimum absolute atomic E-state index is 0.108. The van der Waals surface area contributed by atoms with Gasteiger partial charge in [0, 0.05) is 45.8 Å². The zero-order valence-electron chi connectivity index (χ0n) is 23.4. The SMILES string of the molecule is C#CCOCCOCCOCCOCCN1CCN(CCNc2nc(Cl)nc3c2cnn3C2CCC(C)O2)CC1. The van der Waals surface area contributed by atoms with E-state index in [1.807, 2.05) is 4.68 Å². The summed E-state index contributed by atoms with van der Waals surface area (Å²) in [5, 5.41) is 9.04. The van der Waals surface area contributed by atoms with Crippen LogP contribution >= 0.6 is 11.6 Å². The van der Waals surface area contributed by atoms with E-state index in [-0.39, 0.29) is 17.6 Å². The molecule has 0 bridgehead atoms. The fourth-order valence-electron chi connectivity index (χ4n) is 4.76. The number of hydrogen-bond donors (Lipinski definition) is 1. The largest absolute Gasteiger partial charge is 0.378 e. The lowest BCUT2D eigenvalue weighted by molar-refractivity contribution is -0.00251. The number of hydrogen-bond acceptors (Lipinski definition) is 11. The van der Waals surface area contributed by atoms with Crippen LogP contribution in [-0.2, 0) is 23.7 Å². The number of piperazine rings is 1. The van der Waals surface area contributed by atoms with Crippen LogP contribution in [0.25, 0.3) is 11.0 Å². The van der Waals surface area contributed by atoms with Gasteiger partial charge in [0.15, 0.2) is 11.9 Å². The van der Waals surface area contributed by atoms with E-state index in [1.165, 1.54) is 0 Å². The van der Waals surface area contributed by atoms with Crippen molar-refractivity contribution in [1.29, 1.82) is 0 Å². The molecule has 4 rings (SSSR count). The maximum Gasteiger partial charge on any atom is 0.226 e.